The van der Waals surface area contributed by atoms with Crippen molar-refractivity contribution in [1.82, 2.24) is 5.32 Å². The Labute approximate surface area is 106 Å². The maximum absolute atomic E-state index is 12.1. The normalized spacial score (nSPS) is 17.8. The lowest BCUT2D eigenvalue weighted by molar-refractivity contribution is 0.382. The molecule has 0 aliphatic carbocycles. The zero-order chi connectivity index (χ0) is 12.4. The molecule has 0 radical (unpaired) electrons. The Hall–Kier alpha value is -0.670. The number of hydrogen-bond acceptors (Lipinski definition) is 2. The van der Waals surface area contributed by atoms with Crippen molar-refractivity contribution in [2.24, 2.45) is 5.92 Å². The van der Waals surface area contributed by atoms with Gasteiger partial charge in [0.25, 0.3) is 0 Å². The molecule has 1 saturated heterocycles. The van der Waals surface area contributed by atoms with Gasteiger partial charge in [-0.25, -0.2) is 0 Å². The van der Waals surface area contributed by atoms with Crippen LogP contribution < -0.4 is 5.32 Å². The zero-order valence-electron chi connectivity index (χ0n) is 10.9. The van der Waals surface area contributed by atoms with E-state index in [2.05, 4.69) is 38.2 Å². The Morgan fingerprint density at radius 2 is 1.82 bits per heavy atom. The van der Waals surface area contributed by atoms with Crippen LogP contribution in [0.25, 0.3) is 0 Å². The van der Waals surface area contributed by atoms with E-state index in [4.69, 9.17) is 0 Å². The predicted molar refractivity (Wildman–Crippen MR) is 73.7 cm³/mol. The lowest BCUT2D eigenvalue weighted by Crippen LogP contribution is -2.44. The van der Waals surface area contributed by atoms with Crippen LogP contribution in [0.3, 0.4) is 0 Å². The second-order valence-electron chi connectivity index (χ2n) is 5.15. The van der Waals surface area contributed by atoms with Crippen LogP contribution in [0.2, 0.25) is 0 Å². The number of nitrogens with one attached hydrogen (secondary N) is 1. The molecule has 2 rings (SSSR count). The van der Waals surface area contributed by atoms with Crippen molar-refractivity contribution in [2.45, 2.75) is 26.5 Å². The van der Waals surface area contributed by atoms with Gasteiger partial charge >= 0.3 is 0 Å². The monoisotopic (exact) mass is 251 g/mol. The van der Waals surface area contributed by atoms with Gasteiger partial charge in [-0.2, -0.15) is 0 Å². The molecule has 1 N–H and O–H groups in total. The molecule has 1 heterocycles. The Morgan fingerprint density at radius 1 is 1.24 bits per heavy atom. The van der Waals surface area contributed by atoms with E-state index in [1.807, 2.05) is 0 Å². The Kier molecular flexibility index (Phi) is 4.00. The quantitative estimate of drug-likeness (QED) is 0.887. The minimum Gasteiger partial charge on any atom is -0.316 e. The van der Waals surface area contributed by atoms with Crippen LogP contribution in [0.4, 0.5) is 0 Å². The number of benzene rings is 1. The molecule has 1 aromatic rings. The van der Waals surface area contributed by atoms with E-state index < -0.39 is 10.8 Å². The summed E-state index contributed by atoms with van der Waals surface area (Å²) in [5.74, 6) is 2.19. The third-order valence-electron chi connectivity index (χ3n) is 3.43. The van der Waals surface area contributed by atoms with Crippen molar-refractivity contribution in [1.29, 1.82) is 0 Å². The summed E-state index contributed by atoms with van der Waals surface area (Å²) in [6.07, 6.45) is 0. The van der Waals surface area contributed by atoms with Gasteiger partial charge in [-0.05, 0) is 43.4 Å². The van der Waals surface area contributed by atoms with E-state index >= 15 is 0 Å². The van der Waals surface area contributed by atoms with E-state index in [1.165, 1.54) is 22.3 Å². The SMILES string of the molecule is Cc1cc(C)c(CS(=O)CC2CNC2)c(C)c1. The molecule has 0 spiro atoms. The summed E-state index contributed by atoms with van der Waals surface area (Å²) in [5, 5.41) is 3.23. The van der Waals surface area contributed by atoms with Crippen LogP contribution in [0, 0.1) is 26.7 Å². The molecular formula is C14H21NOS. The van der Waals surface area contributed by atoms with Gasteiger partial charge in [0.1, 0.15) is 0 Å². The molecule has 1 unspecified atom stereocenters. The molecule has 0 saturated carbocycles. The zero-order valence-corrected chi connectivity index (χ0v) is 11.7. The van der Waals surface area contributed by atoms with Crippen LogP contribution in [-0.4, -0.2) is 23.1 Å². The molecule has 1 fully saturated rings. The third-order valence-corrected chi connectivity index (χ3v) is 4.89. The van der Waals surface area contributed by atoms with Gasteiger partial charge in [0.2, 0.25) is 0 Å². The van der Waals surface area contributed by atoms with Crippen LogP contribution in [-0.2, 0) is 16.6 Å². The van der Waals surface area contributed by atoms with Gasteiger partial charge < -0.3 is 5.32 Å². The van der Waals surface area contributed by atoms with Crippen molar-refractivity contribution < 1.29 is 4.21 Å². The van der Waals surface area contributed by atoms with Gasteiger partial charge in [-0.15, -0.1) is 0 Å². The van der Waals surface area contributed by atoms with Gasteiger partial charge in [-0.3, -0.25) is 4.21 Å². The van der Waals surface area contributed by atoms with Crippen molar-refractivity contribution in [3.8, 4) is 0 Å². The highest BCUT2D eigenvalue weighted by molar-refractivity contribution is 7.84. The van der Waals surface area contributed by atoms with Crippen molar-refractivity contribution in [2.75, 3.05) is 18.8 Å². The maximum Gasteiger partial charge on any atom is 0.0491 e. The van der Waals surface area contributed by atoms with E-state index in [0.717, 1.165) is 18.8 Å². The fraction of sp³-hybridized carbons (Fsp3) is 0.571. The molecule has 94 valence electrons. The number of rotatable bonds is 4. The van der Waals surface area contributed by atoms with Crippen molar-refractivity contribution in [3.05, 3.63) is 34.4 Å². The van der Waals surface area contributed by atoms with E-state index in [-0.39, 0.29) is 0 Å². The molecule has 0 bridgehead atoms. The molecule has 17 heavy (non-hydrogen) atoms. The summed E-state index contributed by atoms with van der Waals surface area (Å²) >= 11 is 0. The lowest BCUT2D eigenvalue weighted by Gasteiger charge is -2.26. The molecule has 0 aromatic heterocycles. The molecule has 3 heteroatoms. The summed E-state index contributed by atoms with van der Waals surface area (Å²) in [7, 11) is -0.717. The lowest BCUT2D eigenvalue weighted by atomic mass is 10.0. The smallest absolute Gasteiger partial charge is 0.0491 e. The van der Waals surface area contributed by atoms with Gasteiger partial charge in [0.15, 0.2) is 0 Å². The third kappa shape index (κ3) is 3.17. The summed E-state index contributed by atoms with van der Waals surface area (Å²) < 4.78 is 12.1. The van der Waals surface area contributed by atoms with Crippen LogP contribution in [0.15, 0.2) is 12.1 Å². The largest absolute Gasteiger partial charge is 0.316 e. The maximum atomic E-state index is 12.1. The highest BCUT2D eigenvalue weighted by Gasteiger charge is 2.20. The summed E-state index contributed by atoms with van der Waals surface area (Å²) in [5.41, 5.74) is 5.13. The topological polar surface area (TPSA) is 29.1 Å². The second kappa shape index (κ2) is 5.32. The molecule has 1 aliphatic rings. The molecule has 2 nitrogen and oxygen atoms in total. The summed E-state index contributed by atoms with van der Waals surface area (Å²) in [6.45, 7) is 8.44. The molecule has 1 aromatic carbocycles. The first-order valence-corrected chi connectivity index (χ1v) is 7.67. The molecule has 1 aliphatic heterocycles. The first kappa shape index (κ1) is 12.8. The van der Waals surface area contributed by atoms with Crippen molar-refractivity contribution >= 4 is 10.8 Å². The predicted octanol–water partition coefficient (Wildman–Crippen LogP) is 2.08. The Bertz CT molecular complexity index is 415. The van der Waals surface area contributed by atoms with E-state index in [0.29, 0.717) is 11.7 Å². The molecule has 0 amide bonds. The minimum absolute atomic E-state index is 0.627. The first-order chi connectivity index (χ1) is 8.06. The summed E-state index contributed by atoms with van der Waals surface area (Å²) in [6, 6.07) is 4.37. The van der Waals surface area contributed by atoms with Gasteiger partial charge in [0.05, 0.1) is 0 Å². The first-order valence-electron chi connectivity index (χ1n) is 6.18. The van der Waals surface area contributed by atoms with Crippen LogP contribution >= 0.6 is 0 Å². The Morgan fingerprint density at radius 3 is 2.29 bits per heavy atom. The van der Waals surface area contributed by atoms with Crippen LogP contribution in [0.1, 0.15) is 22.3 Å². The fourth-order valence-electron chi connectivity index (χ4n) is 2.39. The highest BCUT2D eigenvalue weighted by Crippen LogP contribution is 2.19. The van der Waals surface area contributed by atoms with Gasteiger partial charge in [-0.1, -0.05) is 17.7 Å². The number of aryl methyl sites for hydroxylation is 3. The molecular weight excluding hydrogens is 230 g/mol. The average Bonchev–Trinajstić information content (AvgIpc) is 2.17. The average molecular weight is 251 g/mol. The standard InChI is InChI=1S/C14H21NOS/c1-10-4-11(2)14(12(3)5-10)9-17(16)8-13-6-15-7-13/h4-5,13,15H,6-9H2,1-3H3. The minimum atomic E-state index is -0.717. The number of hydrogen-bond donors (Lipinski definition) is 1. The Balaban J connectivity index is 2.04. The van der Waals surface area contributed by atoms with E-state index in [1.54, 1.807) is 0 Å². The fourth-order valence-corrected chi connectivity index (χ4v) is 4.04. The summed E-state index contributed by atoms with van der Waals surface area (Å²) in [4.78, 5) is 0. The second-order valence-corrected chi connectivity index (χ2v) is 6.65. The molecule has 1 atom stereocenters. The van der Waals surface area contributed by atoms with E-state index in [9.17, 15) is 4.21 Å². The van der Waals surface area contributed by atoms with Crippen molar-refractivity contribution in [3.63, 3.8) is 0 Å². The highest BCUT2D eigenvalue weighted by atomic mass is 32.2. The van der Waals surface area contributed by atoms with Gasteiger partial charge in [0, 0.05) is 35.4 Å². The van der Waals surface area contributed by atoms with Crippen LogP contribution in [0.5, 0.6) is 0 Å².